The third kappa shape index (κ3) is 11.4. The van der Waals surface area contributed by atoms with Gasteiger partial charge < -0.3 is 42.7 Å². The van der Waals surface area contributed by atoms with Crippen LogP contribution in [0.15, 0.2) is 0 Å². The number of rotatable bonds is 15. The number of hydrogen-bond acceptors (Lipinski definition) is 8. The first-order valence-corrected chi connectivity index (χ1v) is 9.77. The van der Waals surface area contributed by atoms with Gasteiger partial charge in [-0.1, -0.05) is 13.8 Å². The normalized spacial score (nSPS) is 14.3. The molecule has 15 heteroatoms. The van der Waals surface area contributed by atoms with Crippen molar-refractivity contribution in [2.75, 3.05) is 0 Å². The molecule has 0 saturated carbocycles. The molecule has 4 atom stereocenters. The first-order chi connectivity index (χ1) is 15.1. The van der Waals surface area contributed by atoms with Gasteiger partial charge in [-0.25, -0.2) is 4.79 Å². The van der Waals surface area contributed by atoms with Crippen molar-refractivity contribution < 1.29 is 48.9 Å². The van der Waals surface area contributed by atoms with Crippen LogP contribution in [0.1, 0.15) is 39.5 Å². The number of carbonyl (C=O) groups is 7. The lowest BCUT2D eigenvalue weighted by atomic mass is 10.0. The van der Waals surface area contributed by atoms with E-state index in [9.17, 15) is 33.6 Å². The second-order valence-corrected chi connectivity index (χ2v) is 7.49. The summed E-state index contributed by atoms with van der Waals surface area (Å²) in [6.45, 7) is 3.27. The first-order valence-electron chi connectivity index (χ1n) is 9.77. The maximum atomic E-state index is 12.7. The molecule has 0 aliphatic rings. The molecule has 0 aromatic carbocycles. The van der Waals surface area contributed by atoms with Crippen LogP contribution in [0.5, 0.6) is 0 Å². The molecule has 0 heterocycles. The fraction of sp³-hybridized carbons (Fsp3) is 0.611. The van der Waals surface area contributed by atoms with Crippen molar-refractivity contribution >= 4 is 41.5 Å². The Balaban J connectivity index is 5.63. The van der Waals surface area contributed by atoms with Crippen molar-refractivity contribution in [2.24, 2.45) is 17.4 Å². The quantitative estimate of drug-likeness (QED) is 0.116. The number of nitrogens with two attached hydrogens (primary N) is 2. The van der Waals surface area contributed by atoms with Gasteiger partial charge in [-0.15, -0.1) is 0 Å². The largest absolute Gasteiger partial charge is 0.481 e. The van der Waals surface area contributed by atoms with Gasteiger partial charge in [0.25, 0.3) is 0 Å². The average Bonchev–Trinajstić information content (AvgIpc) is 2.67. The molecular formula is C18H29N5O10. The fourth-order valence-electron chi connectivity index (χ4n) is 2.44. The zero-order valence-electron chi connectivity index (χ0n) is 18.1. The van der Waals surface area contributed by atoms with E-state index in [-0.39, 0.29) is 5.92 Å². The molecule has 33 heavy (non-hydrogen) atoms. The molecule has 0 aliphatic carbocycles. The number of aliphatic carboxylic acids is 3. The van der Waals surface area contributed by atoms with E-state index in [1.807, 2.05) is 5.32 Å². The zero-order valence-corrected chi connectivity index (χ0v) is 18.1. The van der Waals surface area contributed by atoms with Crippen molar-refractivity contribution in [3.05, 3.63) is 0 Å². The molecule has 0 spiro atoms. The smallest absolute Gasteiger partial charge is 0.326 e. The molecule has 10 N–H and O–H groups in total. The molecule has 186 valence electrons. The molecule has 0 rings (SSSR count). The van der Waals surface area contributed by atoms with Crippen molar-refractivity contribution in [1.29, 1.82) is 0 Å². The van der Waals surface area contributed by atoms with Gasteiger partial charge in [-0.2, -0.15) is 0 Å². The Labute approximate surface area is 188 Å². The lowest BCUT2D eigenvalue weighted by molar-refractivity contribution is -0.147. The van der Waals surface area contributed by atoms with Gasteiger partial charge in [-0.3, -0.25) is 28.8 Å². The van der Waals surface area contributed by atoms with Crippen molar-refractivity contribution in [3.63, 3.8) is 0 Å². The number of nitrogens with one attached hydrogen (secondary N) is 3. The van der Waals surface area contributed by atoms with E-state index in [4.69, 9.17) is 26.8 Å². The Morgan fingerprint density at radius 2 is 1.21 bits per heavy atom. The standard InChI is InChI=1S/C18H29N5O10/c1-7(2)14(20)17(31)22-9(5-11(19)24)16(30)21-8(3-4-12(25)26)15(29)23-10(18(32)33)6-13(27)28/h7-10,14H,3-6,20H2,1-2H3,(H2,19,24)(H,21,30)(H,22,31)(H,23,29)(H,25,26)(H,27,28)(H,32,33). The third-order valence-electron chi connectivity index (χ3n) is 4.33. The second kappa shape index (κ2) is 13.6. The molecule has 15 nitrogen and oxygen atoms in total. The van der Waals surface area contributed by atoms with Crippen molar-refractivity contribution in [1.82, 2.24) is 16.0 Å². The summed E-state index contributed by atoms with van der Waals surface area (Å²) in [6.07, 6.45) is -2.78. The third-order valence-corrected chi connectivity index (χ3v) is 4.33. The molecule has 0 aromatic rings. The Morgan fingerprint density at radius 3 is 1.64 bits per heavy atom. The molecule has 0 bridgehead atoms. The fourth-order valence-corrected chi connectivity index (χ4v) is 2.44. The van der Waals surface area contributed by atoms with Crippen LogP contribution in [0.3, 0.4) is 0 Å². The van der Waals surface area contributed by atoms with E-state index in [0.717, 1.165) is 0 Å². The monoisotopic (exact) mass is 475 g/mol. The maximum Gasteiger partial charge on any atom is 0.326 e. The summed E-state index contributed by atoms with van der Waals surface area (Å²) >= 11 is 0. The van der Waals surface area contributed by atoms with Crippen LogP contribution in [0.2, 0.25) is 0 Å². The molecule has 4 amide bonds. The lowest BCUT2D eigenvalue weighted by Gasteiger charge is -2.25. The minimum Gasteiger partial charge on any atom is -0.481 e. The first kappa shape index (κ1) is 29.2. The van der Waals surface area contributed by atoms with Gasteiger partial charge in [-0.05, 0) is 12.3 Å². The summed E-state index contributed by atoms with van der Waals surface area (Å²) in [5, 5.41) is 33.0. The molecule has 0 saturated heterocycles. The molecule has 4 unspecified atom stereocenters. The van der Waals surface area contributed by atoms with Crippen LogP contribution < -0.4 is 27.4 Å². The highest BCUT2D eigenvalue weighted by Gasteiger charge is 2.32. The van der Waals surface area contributed by atoms with Gasteiger partial charge in [0.05, 0.1) is 18.9 Å². The number of primary amides is 1. The van der Waals surface area contributed by atoms with Gasteiger partial charge in [0.2, 0.25) is 23.6 Å². The summed E-state index contributed by atoms with van der Waals surface area (Å²) in [5.74, 6) is -8.89. The number of amides is 4. The van der Waals surface area contributed by atoms with Gasteiger partial charge in [0.15, 0.2) is 0 Å². The highest BCUT2D eigenvalue weighted by atomic mass is 16.4. The zero-order chi connectivity index (χ0) is 25.9. The van der Waals surface area contributed by atoms with Crippen LogP contribution in [0.25, 0.3) is 0 Å². The predicted molar refractivity (Wildman–Crippen MR) is 109 cm³/mol. The van der Waals surface area contributed by atoms with Crippen LogP contribution >= 0.6 is 0 Å². The number of carboxylic acids is 3. The highest BCUT2D eigenvalue weighted by molar-refractivity contribution is 5.96. The van der Waals surface area contributed by atoms with Gasteiger partial charge >= 0.3 is 17.9 Å². The van der Waals surface area contributed by atoms with E-state index in [2.05, 4.69) is 10.6 Å². The molecule has 0 aliphatic heterocycles. The van der Waals surface area contributed by atoms with Crippen LogP contribution in [-0.2, 0) is 33.6 Å². The van der Waals surface area contributed by atoms with Crippen LogP contribution in [-0.4, -0.2) is 81.0 Å². The average molecular weight is 475 g/mol. The van der Waals surface area contributed by atoms with Gasteiger partial charge in [0, 0.05) is 6.42 Å². The summed E-state index contributed by atoms with van der Waals surface area (Å²) in [7, 11) is 0. The molecule has 0 fully saturated rings. The van der Waals surface area contributed by atoms with Gasteiger partial charge in [0.1, 0.15) is 18.1 Å². The van der Waals surface area contributed by atoms with E-state index in [0.29, 0.717) is 0 Å². The lowest BCUT2D eigenvalue weighted by Crippen LogP contribution is -2.58. The second-order valence-electron chi connectivity index (χ2n) is 7.49. The van der Waals surface area contributed by atoms with Crippen molar-refractivity contribution in [2.45, 2.75) is 63.7 Å². The van der Waals surface area contributed by atoms with Crippen LogP contribution in [0.4, 0.5) is 0 Å². The molecule has 0 aromatic heterocycles. The summed E-state index contributed by atoms with van der Waals surface area (Å²) in [5.41, 5.74) is 10.8. The predicted octanol–water partition coefficient (Wildman–Crippen LogP) is -3.28. The minimum absolute atomic E-state index is 0.321. The summed E-state index contributed by atoms with van der Waals surface area (Å²) < 4.78 is 0. The maximum absolute atomic E-state index is 12.7. The topological polar surface area (TPSA) is 268 Å². The van der Waals surface area contributed by atoms with E-state index in [1.54, 1.807) is 13.8 Å². The molecule has 0 radical (unpaired) electrons. The summed E-state index contributed by atoms with van der Waals surface area (Å²) in [4.78, 5) is 81.5. The Bertz CT molecular complexity index is 785. The molecular weight excluding hydrogens is 446 g/mol. The van der Waals surface area contributed by atoms with E-state index >= 15 is 0 Å². The highest BCUT2D eigenvalue weighted by Crippen LogP contribution is 2.05. The van der Waals surface area contributed by atoms with Crippen molar-refractivity contribution in [3.8, 4) is 0 Å². The SMILES string of the molecule is CC(C)C(N)C(=O)NC(CC(N)=O)C(=O)NC(CCC(=O)O)C(=O)NC(CC(=O)O)C(=O)O. The Kier molecular flexibility index (Phi) is 12.1. The number of carboxylic acid groups (broad SMARTS) is 3. The minimum atomic E-state index is -1.86. The van der Waals surface area contributed by atoms with E-state index < -0.39 is 91.4 Å². The summed E-state index contributed by atoms with van der Waals surface area (Å²) in [6, 6.07) is -6.08. The van der Waals surface area contributed by atoms with E-state index in [1.165, 1.54) is 0 Å². The Morgan fingerprint density at radius 1 is 0.727 bits per heavy atom. The number of hydrogen-bond donors (Lipinski definition) is 8. The number of carbonyl (C=O) groups excluding carboxylic acids is 4. The van der Waals surface area contributed by atoms with Crippen LogP contribution in [0, 0.1) is 5.92 Å². The Hall–Kier alpha value is -3.75.